The number of rotatable bonds is 5. The molecule has 0 atom stereocenters. The number of nitriles is 1. The molecule has 3 aliphatic heterocycles. The minimum atomic E-state index is -0.0202. The van der Waals surface area contributed by atoms with Crippen molar-refractivity contribution in [3.63, 3.8) is 0 Å². The summed E-state index contributed by atoms with van der Waals surface area (Å²) < 4.78 is 0. The Morgan fingerprint density at radius 3 is 2.64 bits per heavy atom. The van der Waals surface area contributed by atoms with E-state index < -0.39 is 0 Å². The molecule has 3 fully saturated rings. The summed E-state index contributed by atoms with van der Waals surface area (Å²) in [5, 5.41) is 18.8. The van der Waals surface area contributed by atoms with Gasteiger partial charge in [0, 0.05) is 61.7 Å². The Kier molecular flexibility index (Phi) is 6.26. The average Bonchev–Trinajstić information content (AvgIpc) is 3.59. The molecule has 5 heterocycles. The molecule has 3 aliphatic rings. The molecule has 0 saturated carbocycles. The zero-order valence-electron chi connectivity index (χ0n) is 22.9. The third kappa shape index (κ3) is 4.31. The third-order valence-corrected chi connectivity index (χ3v) is 8.81. The lowest BCUT2D eigenvalue weighted by Gasteiger charge is -2.47. The number of likely N-dealkylation sites (tertiary alicyclic amines) is 1. The number of aromatic nitrogens is 4. The second kappa shape index (κ2) is 9.65. The predicted molar refractivity (Wildman–Crippen MR) is 152 cm³/mol. The Morgan fingerprint density at radius 1 is 1.18 bits per heavy atom. The van der Waals surface area contributed by atoms with Crippen LogP contribution >= 0.6 is 0 Å². The van der Waals surface area contributed by atoms with Gasteiger partial charge in [0.2, 0.25) is 11.9 Å². The number of H-pyrrole nitrogens is 1. The van der Waals surface area contributed by atoms with Crippen LogP contribution in [0.1, 0.15) is 30.4 Å². The maximum atomic E-state index is 12.1. The lowest BCUT2D eigenvalue weighted by atomic mass is 9.79. The summed E-state index contributed by atoms with van der Waals surface area (Å²) >= 11 is 0. The van der Waals surface area contributed by atoms with Gasteiger partial charge in [0.25, 0.3) is 0 Å². The van der Waals surface area contributed by atoms with E-state index in [1.54, 1.807) is 0 Å². The molecule has 0 bridgehead atoms. The normalized spacial score (nSPS) is 19.1. The molecule has 0 unspecified atom stereocenters. The summed E-state index contributed by atoms with van der Waals surface area (Å²) in [6.07, 6.45) is 6.23. The quantitative estimate of drug-likeness (QED) is 0.507. The van der Waals surface area contributed by atoms with E-state index in [1.165, 1.54) is 6.08 Å². The van der Waals surface area contributed by atoms with Gasteiger partial charge in [-0.05, 0) is 58.0 Å². The lowest BCUT2D eigenvalue weighted by molar-refractivity contribution is -0.136. The highest BCUT2D eigenvalue weighted by Gasteiger charge is 2.49. The molecule has 1 aromatic carbocycles. The number of hydrogen-bond donors (Lipinski definition) is 1. The standard InChI is InChI=1S/C29H35N9O/c1-5-24(39)38-17-29(18-38)10-13-37(16-29)27-21(14-30)26(25-19(2)6-7-23-22(25)15-31-34-23)32-28(33-27)36-11-8-20(9-12-36)35(3)4/h5-7,15,20H,1,8-13,16-18H2,2-4H3,(H,31,34). The molecule has 1 spiro atoms. The van der Waals surface area contributed by atoms with E-state index in [-0.39, 0.29) is 11.3 Å². The van der Waals surface area contributed by atoms with E-state index in [1.807, 2.05) is 23.2 Å². The van der Waals surface area contributed by atoms with Crippen LogP contribution in [0.15, 0.2) is 31.0 Å². The molecule has 0 radical (unpaired) electrons. The largest absolute Gasteiger partial charge is 0.355 e. The first-order chi connectivity index (χ1) is 18.8. The summed E-state index contributed by atoms with van der Waals surface area (Å²) in [5.41, 5.74) is 4.06. The second-order valence-electron chi connectivity index (χ2n) is 11.5. The van der Waals surface area contributed by atoms with Gasteiger partial charge in [-0.2, -0.15) is 15.3 Å². The van der Waals surface area contributed by atoms with Crippen LogP contribution in [-0.4, -0.2) is 95.3 Å². The summed E-state index contributed by atoms with van der Waals surface area (Å²) in [4.78, 5) is 30.9. The number of fused-ring (bicyclic) bond motifs is 1. The van der Waals surface area contributed by atoms with Crippen LogP contribution in [0.2, 0.25) is 0 Å². The van der Waals surface area contributed by atoms with Crippen molar-refractivity contribution < 1.29 is 4.79 Å². The first-order valence-corrected chi connectivity index (χ1v) is 13.7. The number of aryl methyl sites for hydroxylation is 1. The zero-order valence-corrected chi connectivity index (χ0v) is 22.9. The van der Waals surface area contributed by atoms with Gasteiger partial charge in [-0.1, -0.05) is 12.6 Å². The number of nitrogens with one attached hydrogen (secondary N) is 1. The minimum Gasteiger partial charge on any atom is -0.355 e. The molecule has 3 aromatic rings. The van der Waals surface area contributed by atoms with E-state index in [0.29, 0.717) is 42.2 Å². The van der Waals surface area contributed by atoms with Crippen LogP contribution in [0, 0.1) is 23.7 Å². The number of hydrogen-bond acceptors (Lipinski definition) is 8. The van der Waals surface area contributed by atoms with Crippen LogP contribution in [-0.2, 0) is 4.79 Å². The van der Waals surface area contributed by atoms with Crippen LogP contribution in [0.3, 0.4) is 0 Å². The van der Waals surface area contributed by atoms with Crippen LogP contribution < -0.4 is 9.80 Å². The van der Waals surface area contributed by atoms with E-state index in [0.717, 1.165) is 67.5 Å². The molecule has 202 valence electrons. The van der Waals surface area contributed by atoms with Crippen molar-refractivity contribution in [2.45, 2.75) is 32.2 Å². The Balaban J connectivity index is 1.42. The topological polar surface area (TPSA) is 108 Å². The number of amides is 1. The lowest BCUT2D eigenvalue weighted by Crippen LogP contribution is -2.59. The predicted octanol–water partition coefficient (Wildman–Crippen LogP) is 2.96. The molecule has 39 heavy (non-hydrogen) atoms. The molecule has 6 rings (SSSR count). The van der Waals surface area contributed by atoms with E-state index >= 15 is 0 Å². The van der Waals surface area contributed by atoms with Crippen molar-refractivity contribution in [3.8, 4) is 17.3 Å². The minimum absolute atomic E-state index is 0.0202. The first-order valence-electron chi connectivity index (χ1n) is 13.7. The van der Waals surface area contributed by atoms with Gasteiger partial charge in [0.15, 0.2) is 5.82 Å². The Bertz CT molecular complexity index is 1470. The van der Waals surface area contributed by atoms with Crippen molar-refractivity contribution in [2.24, 2.45) is 5.41 Å². The first kappa shape index (κ1) is 25.3. The third-order valence-electron chi connectivity index (χ3n) is 8.81. The van der Waals surface area contributed by atoms with Crippen molar-refractivity contribution in [1.29, 1.82) is 5.26 Å². The molecule has 3 saturated heterocycles. The fraction of sp³-hybridized carbons (Fsp3) is 0.483. The fourth-order valence-corrected chi connectivity index (χ4v) is 6.54. The summed E-state index contributed by atoms with van der Waals surface area (Å²) in [6.45, 7) is 10.4. The number of nitrogens with zero attached hydrogens (tertiary/aromatic N) is 8. The van der Waals surface area contributed by atoms with Gasteiger partial charge < -0.3 is 19.6 Å². The van der Waals surface area contributed by atoms with Crippen molar-refractivity contribution in [3.05, 3.63) is 42.1 Å². The van der Waals surface area contributed by atoms with E-state index in [4.69, 9.17) is 9.97 Å². The number of benzene rings is 1. The van der Waals surface area contributed by atoms with Crippen LogP contribution in [0.5, 0.6) is 0 Å². The SMILES string of the molecule is C=CC(=O)N1CC2(CCN(c3nc(N4CCC(N(C)C)CC4)nc(-c4c(C)ccc5[nH]ncc45)c3C#N)C2)C1. The second-order valence-corrected chi connectivity index (χ2v) is 11.5. The average molecular weight is 526 g/mol. The Hall–Kier alpha value is -3.97. The number of carbonyl (C=O) groups is 1. The van der Waals surface area contributed by atoms with Crippen molar-refractivity contribution in [1.82, 2.24) is 30.0 Å². The monoisotopic (exact) mass is 525 g/mol. The van der Waals surface area contributed by atoms with Crippen molar-refractivity contribution >= 4 is 28.6 Å². The van der Waals surface area contributed by atoms with Gasteiger partial charge in [-0.3, -0.25) is 9.89 Å². The number of aromatic amines is 1. The summed E-state index contributed by atoms with van der Waals surface area (Å²) in [5.74, 6) is 1.35. The molecular weight excluding hydrogens is 490 g/mol. The number of carbonyl (C=O) groups excluding carboxylic acids is 1. The fourth-order valence-electron chi connectivity index (χ4n) is 6.54. The summed E-state index contributed by atoms with van der Waals surface area (Å²) in [7, 11) is 4.27. The maximum absolute atomic E-state index is 12.1. The van der Waals surface area contributed by atoms with Gasteiger partial charge in [0.1, 0.15) is 11.6 Å². The van der Waals surface area contributed by atoms with Crippen LogP contribution in [0.4, 0.5) is 11.8 Å². The van der Waals surface area contributed by atoms with Gasteiger partial charge >= 0.3 is 0 Å². The highest BCUT2D eigenvalue weighted by Crippen LogP contribution is 2.43. The molecule has 1 amide bonds. The number of anilines is 2. The molecule has 2 aromatic heterocycles. The zero-order chi connectivity index (χ0) is 27.3. The van der Waals surface area contributed by atoms with E-state index in [2.05, 4.69) is 58.6 Å². The molecule has 1 N–H and O–H groups in total. The Labute approximate surface area is 228 Å². The summed E-state index contributed by atoms with van der Waals surface area (Å²) in [6, 6.07) is 7.08. The molecule has 10 nitrogen and oxygen atoms in total. The van der Waals surface area contributed by atoms with Crippen LogP contribution in [0.25, 0.3) is 22.2 Å². The highest BCUT2D eigenvalue weighted by atomic mass is 16.2. The van der Waals surface area contributed by atoms with E-state index in [9.17, 15) is 10.1 Å². The Morgan fingerprint density at radius 2 is 1.95 bits per heavy atom. The van der Waals surface area contributed by atoms with Gasteiger partial charge in [-0.25, -0.2) is 4.98 Å². The highest BCUT2D eigenvalue weighted by molar-refractivity contribution is 5.97. The number of piperidine rings is 1. The smallest absolute Gasteiger partial charge is 0.245 e. The molecular formula is C29H35N9O. The van der Waals surface area contributed by atoms with Gasteiger partial charge in [-0.15, -0.1) is 0 Å². The molecule has 0 aliphatic carbocycles. The van der Waals surface area contributed by atoms with Gasteiger partial charge in [0.05, 0.1) is 17.4 Å². The molecule has 10 heteroatoms. The van der Waals surface area contributed by atoms with Crippen molar-refractivity contribution in [2.75, 3.05) is 63.2 Å². The maximum Gasteiger partial charge on any atom is 0.245 e.